The largest absolute Gasteiger partial charge is 0.463 e. The molecule has 8 nitrogen and oxygen atoms in total. The van der Waals surface area contributed by atoms with Gasteiger partial charge < -0.3 is 14.2 Å². The van der Waals surface area contributed by atoms with Crippen molar-refractivity contribution < 1.29 is 4.42 Å². The van der Waals surface area contributed by atoms with Gasteiger partial charge in [0.1, 0.15) is 5.69 Å². The van der Waals surface area contributed by atoms with Gasteiger partial charge >= 0.3 is 0 Å². The number of nitrogens with zero attached hydrogens (tertiary/aromatic N) is 7. The van der Waals surface area contributed by atoms with Crippen LogP contribution in [0, 0.1) is 0 Å². The van der Waals surface area contributed by atoms with Gasteiger partial charge in [0.15, 0.2) is 5.76 Å². The maximum atomic E-state index is 5.70. The van der Waals surface area contributed by atoms with Crippen LogP contribution in [0.25, 0.3) is 22.7 Å². The zero-order valence-electron chi connectivity index (χ0n) is 18.1. The second-order valence-electron chi connectivity index (χ2n) is 7.84. The molecule has 0 atom stereocenters. The number of pyridine rings is 1. The van der Waals surface area contributed by atoms with Crippen molar-refractivity contribution >= 4 is 11.9 Å². The first kappa shape index (κ1) is 20.1. The molecule has 162 valence electrons. The van der Waals surface area contributed by atoms with Crippen molar-refractivity contribution in [2.45, 2.75) is 19.3 Å². The minimum atomic E-state index is 0.630. The number of rotatable bonds is 7. The van der Waals surface area contributed by atoms with Crippen molar-refractivity contribution in [3.05, 3.63) is 66.9 Å². The normalized spacial score (nSPS) is 13.5. The molecular formula is C24H25N7O. The van der Waals surface area contributed by atoms with E-state index in [1.54, 1.807) is 12.5 Å². The smallest absolute Gasteiger partial charge is 0.225 e. The van der Waals surface area contributed by atoms with E-state index in [-0.39, 0.29) is 0 Å². The lowest BCUT2D eigenvalue weighted by Crippen LogP contribution is -2.23. The average Bonchev–Trinajstić information content (AvgIpc) is 3.58. The summed E-state index contributed by atoms with van der Waals surface area (Å²) in [6, 6.07) is 11.6. The molecule has 5 heterocycles. The first-order chi connectivity index (χ1) is 15.8. The Bertz CT molecular complexity index is 1160. The highest BCUT2D eigenvalue weighted by Crippen LogP contribution is 2.31. The van der Waals surface area contributed by atoms with Crippen LogP contribution < -0.4 is 9.80 Å². The molecule has 1 saturated heterocycles. The van der Waals surface area contributed by atoms with Crippen LogP contribution in [0.3, 0.4) is 0 Å². The molecule has 32 heavy (non-hydrogen) atoms. The summed E-state index contributed by atoms with van der Waals surface area (Å²) in [4.78, 5) is 27.4. The Kier molecular flexibility index (Phi) is 5.74. The van der Waals surface area contributed by atoms with Gasteiger partial charge in [-0.1, -0.05) is 6.07 Å². The van der Waals surface area contributed by atoms with Crippen molar-refractivity contribution in [2.24, 2.45) is 0 Å². The van der Waals surface area contributed by atoms with Crippen molar-refractivity contribution in [3.8, 4) is 22.7 Å². The van der Waals surface area contributed by atoms with Crippen LogP contribution in [0.5, 0.6) is 0 Å². The number of anilines is 2. The fourth-order valence-electron chi connectivity index (χ4n) is 3.84. The van der Waals surface area contributed by atoms with E-state index in [0.29, 0.717) is 11.7 Å². The van der Waals surface area contributed by atoms with Crippen molar-refractivity contribution in [3.63, 3.8) is 0 Å². The van der Waals surface area contributed by atoms with Gasteiger partial charge in [0, 0.05) is 63.0 Å². The summed E-state index contributed by atoms with van der Waals surface area (Å²) in [7, 11) is 1.99. The van der Waals surface area contributed by atoms with Gasteiger partial charge in [-0.05, 0) is 43.2 Å². The zero-order valence-corrected chi connectivity index (χ0v) is 18.1. The molecule has 5 rings (SSSR count). The Morgan fingerprint density at radius 2 is 1.88 bits per heavy atom. The molecule has 1 aliphatic heterocycles. The predicted octanol–water partition coefficient (Wildman–Crippen LogP) is 3.87. The number of likely N-dealkylation sites (N-methyl/N-ethyl adjacent to an activating group) is 1. The first-order valence-corrected chi connectivity index (χ1v) is 10.9. The molecular weight excluding hydrogens is 402 g/mol. The molecule has 0 amide bonds. The van der Waals surface area contributed by atoms with Crippen LogP contribution in [-0.4, -0.2) is 51.6 Å². The van der Waals surface area contributed by atoms with E-state index >= 15 is 0 Å². The molecule has 0 saturated carbocycles. The predicted molar refractivity (Wildman–Crippen MR) is 123 cm³/mol. The second kappa shape index (κ2) is 9.13. The summed E-state index contributed by atoms with van der Waals surface area (Å²) in [6.45, 7) is 2.73. The Morgan fingerprint density at radius 3 is 2.66 bits per heavy atom. The number of hydrogen-bond donors (Lipinski definition) is 0. The summed E-state index contributed by atoms with van der Waals surface area (Å²) < 4.78 is 5.70. The minimum absolute atomic E-state index is 0.630. The fourth-order valence-corrected chi connectivity index (χ4v) is 3.84. The lowest BCUT2D eigenvalue weighted by molar-refractivity contribution is 0.580. The lowest BCUT2D eigenvalue weighted by Gasteiger charge is -2.19. The van der Waals surface area contributed by atoms with Gasteiger partial charge in [-0.25, -0.2) is 19.9 Å². The zero-order chi connectivity index (χ0) is 21.8. The van der Waals surface area contributed by atoms with Crippen LogP contribution in [0.15, 0.2) is 65.7 Å². The van der Waals surface area contributed by atoms with E-state index in [1.165, 1.54) is 12.8 Å². The topological polar surface area (TPSA) is 84.1 Å². The van der Waals surface area contributed by atoms with E-state index in [2.05, 4.69) is 19.9 Å². The van der Waals surface area contributed by atoms with Gasteiger partial charge in [-0.2, -0.15) is 0 Å². The molecule has 0 radical (unpaired) electrons. The molecule has 4 aromatic rings. The highest BCUT2D eigenvalue weighted by Gasteiger charge is 2.19. The second-order valence-corrected chi connectivity index (χ2v) is 7.84. The molecule has 0 bridgehead atoms. The Morgan fingerprint density at radius 1 is 0.969 bits per heavy atom. The van der Waals surface area contributed by atoms with Crippen molar-refractivity contribution in [1.29, 1.82) is 0 Å². The van der Waals surface area contributed by atoms with Crippen LogP contribution in [0.2, 0.25) is 0 Å². The third-order valence-corrected chi connectivity index (χ3v) is 5.61. The molecule has 8 heteroatoms. The van der Waals surface area contributed by atoms with E-state index in [1.807, 2.05) is 60.7 Å². The minimum Gasteiger partial charge on any atom is -0.463 e. The molecule has 1 fully saturated rings. The van der Waals surface area contributed by atoms with Crippen LogP contribution in [0.4, 0.5) is 11.9 Å². The van der Waals surface area contributed by atoms with Gasteiger partial charge in [0.2, 0.25) is 11.9 Å². The standard InChI is InChI=1S/C24H25N7O/c1-30(15-10-18-7-2-3-11-25-18)23-27-17-19(22(29-23)21-8-6-16-32-21)20-9-12-26-24(28-20)31-13-4-5-14-31/h2-3,6-9,11-12,16-17H,4-5,10,13-15H2,1H3. The fraction of sp³-hybridized carbons (Fsp3) is 0.292. The lowest BCUT2D eigenvalue weighted by atomic mass is 10.1. The van der Waals surface area contributed by atoms with Crippen LogP contribution in [0.1, 0.15) is 18.5 Å². The molecule has 0 spiro atoms. The van der Waals surface area contributed by atoms with E-state index in [0.717, 1.165) is 54.6 Å². The first-order valence-electron chi connectivity index (χ1n) is 10.9. The van der Waals surface area contributed by atoms with Gasteiger partial charge in [-0.15, -0.1) is 0 Å². The third kappa shape index (κ3) is 4.30. The monoisotopic (exact) mass is 427 g/mol. The average molecular weight is 428 g/mol. The van der Waals surface area contributed by atoms with Gasteiger partial charge in [0.05, 0.1) is 12.0 Å². The van der Waals surface area contributed by atoms with Gasteiger partial charge in [-0.3, -0.25) is 4.98 Å². The summed E-state index contributed by atoms with van der Waals surface area (Å²) >= 11 is 0. The van der Waals surface area contributed by atoms with E-state index in [9.17, 15) is 0 Å². The SMILES string of the molecule is CN(CCc1ccccn1)c1ncc(-c2ccnc(N3CCCC3)n2)c(-c2ccco2)n1. The molecule has 0 aliphatic carbocycles. The Balaban J connectivity index is 1.45. The molecule has 0 unspecified atom stereocenters. The Labute approximate surface area is 187 Å². The van der Waals surface area contributed by atoms with Crippen molar-refractivity contribution in [2.75, 3.05) is 36.5 Å². The summed E-state index contributed by atoms with van der Waals surface area (Å²) in [5, 5.41) is 0. The highest BCUT2D eigenvalue weighted by atomic mass is 16.3. The summed E-state index contributed by atoms with van der Waals surface area (Å²) in [5.41, 5.74) is 3.37. The molecule has 4 aromatic heterocycles. The Hall–Kier alpha value is -3.81. The van der Waals surface area contributed by atoms with Crippen LogP contribution >= 0.6 is 0 Å². The maximum absolute atomic E-state index is 5.70. The number of aromatic nitrogens is 5. The highest BCUT2D eigenvalue weighted by molar-refractivity contribution is 5.77. The molecule has 0 N–H and O–H groups in total. The molecule has 0 aromatic carbocycles. The van der Waals surface area contributed by atoms with Gasteiger partial charge in [0.25, 0.3) is 0 Å². The maximum Gasteiger partial charge on any atom is 0.225 e. The van der Waals surface area contributed by atoms with Crippen molar-refractivity contribution in [1.82, 2.24) is 24.9 Å². The van der Waals surface area contributed by atoms with Crippen LogP contribution in [-0.2, 0) is 6.42 Å². The van der Waals surface area contributed by atoms with E-state index in [4.69, 9.17) is 14.4 Å². The number of hydrogen-bond acceptors (Lipinski definition) is 8. The number of furan rings is 1. The third-order valence-electron chi connectivity index (χ3n) is 5.61. The summed E-state index contributed by atoms with van der Waals surface area (Å²) in [6.07, 6.45) is 10.3. The summed E-state index contributed by atoms with van der Waals surface area (Å²) in [5.74, 6) is 2.06. The van der Waals surface area contributed by atoms with E-state index < -0.39 is 0 Å². The quantitative estimate of drug-likeness (QED) is 0.440. The molecule has 1 aliphatic rings.